The van der Waals surface area contributed by atoms with Crippen LogP contribution < -0.4 is 0 Å². The lowest BCUT2D eigenvalue weighted by atomic mass is 9.91. The Morgan fingerprint density at radius 2 is 0.898 bits per heavy atom. The summed E-state index contributed by atoms with van der Waals surface area (Å²) in [6.07, 6.45) is -8.10. The first-order valence-electron chi connectivity index (χ1n) is 14.8. The van der Waals surface area contributed by atoms with Gasteiger partial charge in [-0.15, -0.1) is 0 Å². The molecule has 4 aromatic rings. The van der Waals surface area contributed by atoms with Crippen LogP contribution >= 0.6 is 34.8 Å². The van der Waals surface area contributed by atoms with Crippen molar-refractivity contribution in [2.45, 2.75) is 34.3 Å². The fraction of sp³-hybridized carbons (Fsp3) is 0.194. The topological polar surface area (TPSA) is 138 Å². The van der Waals surface area contributed by atoms with E-state index in [2.05, 4.69) is 0 Å². The lowest BCUT2D eigenvalue weighted by Crippen LogP contribution is -2.65. The molecule has 252 valence electrons. The Hall–Kier alpha value is -4.74. The van der Waals surface area contributed by atoms with Gasteiger partial charge in [0.2, 0.25) is 3.79 Å². The highest BCUT2D eigenvalue weighted by molar-refractivity contribution is 6.76. The van der Waals surface area contributed by atoms with Crippen LogP contribution in [0.1, 0.15) is 41.4 Å². The zero-order chi connectivity index (χ0) is 35.0. The fourth-order valence-corrected chi connectivity index (χ4v) is 5.28. The minimum atomic E-state index is -2.39. The predicted octanol–water partition coefficient (Wildman–Crippen LogP) is 6.68. The van der Waals surface area contributed by atoms with Gasteiger partial charge < -0.3 is 29.1 Å². The molecule has 0 unspecified atom stereocenters. The summed E-state index contributed by atoms with van der Waals surface area (Å²) >= 11 is 18.4. The summed E-state index contributed by atoms with van der Waals surface area (Å²) in [5, 5.41) is 8.77. The Balaban J connectivity index is 1.59. The molecular weight excluding hydrogens is 697 g/mol. The number of rotatable bonds is 10. The minimum Gasteiger partial charge on any atom is -0.459 e. The van der Waals surface area contributed by atoms with Gasteiger partial charge in [0, 0.05) is 0 Å². The van der Waals surface area contributed by atoms with Crippen molar-refractivity contribution in [1.29, 1.82) is 5.41 Å². The maximum atomic E-state index is 13.6. The Morgan fingerprint density at radius 1 is 0.551 bits per heavy atom. The molecule has 0 bridgehead atoms. The highest BCUT2D eigenvalue weighted by Gasteiger charge is 2.56. The number of ether oxygens (including phenoxy) is 5. The quantitative estimate of drug-likeness (QED) is 0.0822. The molecule has 1 heterocycles. The predicted molar refractivity (Wildman–Crippen MR) is 180 cm³/mol. The summed E-state index contributed by atoms with van der Waals surface area (Å²) in [5.41, 5.74) is -0.147. The van der Waals surface area contributed by atoms with Crippen molar-refractivity contribution in [3.63, 3.8) is 0 Å². The number of nitrogens with one attached hydrogen (secondary N) is 1. The number of alkyl halides is 3. The number of hydrogen-bond acceptors (Lipinski definition) is 10. The molecule has 0 aromatic heterocycles. The zero-order valence-corrected chi connectivity index (χ0v) is 27.7. The van der Waals surface area contributed by atoms with E-state index in [9.17, 15) is 19.2 Å². The first kappa shape index (κ1) is 35.6. The molecule has 1 aliphatic heterocycles. The molecule has 1 N–H and O–H groups in total. The van der Waals surface area contributed by atoms with Gasteiger partial charge in [-0.25, -0.2) is 19.2 Å². The van der Waals surface area contributed by atoms with E-state index < -0.39 is 70.5 Å². The monoisotopic (exact) mass is 723 g/mol. The van der Waals surface area contributed by atoms with Crippen molar-refractivity contribution < 1.29 is 42.9 Å². The van der Waals surface area contributed by atoms with E-state index in [1.165, 1.54) is 48.5 Å². The summed E-state index contributed by atoms with van der Waals surface area (Å²) in [6, 6.07) is 31.7. The molecule has 1 saturated heterocycles. The van der Waals surface area contributed by atoms with Gasteiger partial charge in [-0.05, 0) is 48.5 Å². The summed E-state index contributed by atoms with van der Waals surface area (Å²) in [5.74, 6) is -3.41. The van der Waals surface area contributed by atoms with Crippen LogP contribution in [0.4, 0.5) is 0 Å². The van der Waals surface area contributed by atoms with Crippen molar-refractivity contribution in [3.8, 4) is 0 Å². The van der Waals surface area contributed by atoms with Crippen LogP contribution in [-0.2, 0) is 23.7 Å². The van der Waals surface area contributed by atoms with Crippen LogP contribution in [0, 0.1) is 5.41 Å². The van der Waals surface area contributed by atoms with Crippen LogP contribution in [0.15, 0.2) is 121 Å². The standard InChI is InChI=1S/C36H28Cl3NO9/c37-36(38,39)31(40)30-29(49-35(44)25-19-11-4-12-20-25)28(48-34(43)24-17-9-3-10-18-24)27(47-33(42)23-15-7-2-8-16-23)26(46-30)21-45-32(41)22-13-5-1-6-14-22/h1-20,26-30,40H,21H2/t26-,27-,28+,29-,30+/m1/s1. The molecular formula is C36H28Cl3NO9. The van der Waals surface area contributed by atoms with Gasteiger partial charge in [0.15, 0.2) is 18.3 Å². The van der Waals surface area contributed by atoms with E-state index in [0.29, 0.717) is 0 Å². The average Bonchev–Trinajstić information content (AvgIpc) is 3.12. The summed E-state index contributed by atoms with van der Waals surface area (Å²) < 4.78 is 27.1. The molecule has 1 fully saturated rings. The molecule has 4 aromatic carbocycles. The number of benzene rings is 4. The summed E-state index contributed by atoms with van der Waals surface area (Å²) in [7, 11) is 0. The molecule has 0 radical (unpaired) electrons. The summed E-state index contributed by atoms with van der Waals surface area (Å²) in [4.78, 5) is 53.5. The molecule has 5 atom stereocenters. The number of hydrogen-bond donors (Lipinski definition) is 1. The Morgan fingerprint density at radius 3 is 1.29 bits per heavy atom. The molecule has 49 heavy (non-hydrogen) atoms. The molecule has 0 aliphatic carbocycles. The van der Waals surface area contributed by atoms with E-state index in [1.807, 2.05) is 0 Å². The molecule has 10 nitrogen and oxygen atoms in total. The Labute approximate surface area is 296 Å². The normalized spacial score (nSPS) is 20.3. The lowest BCUT2D eigenvalue weighted by molar-refractivity contribution is -0.213. The van der Waals surface area contributed by atoms with Crippen molar-refractivity contribution in [2.75, 3.05) is 6.61 Å². The third-order valence-electron chi connectivity index (χ3n) is 7.37. The molecule has 0 saturated carbocycles. The van der Waals surface area contributed by atoms with Crippen molar-refractivity contribution >= 4 is 64.4 Å². The maximum Gasteiger partial charge on any atom is 0.338 e. The van der Waals surface area contributed by atoms with Gasteiger partial charge >= 0.3 is 23.9 Å². The number of carbonyl (C=O) groups is 4. The van der Waals surface area contributed by atoms with Gasteiger partial charge in [-0.2, -0.15) is 0 Å². The zero-order valence-electron chi connectivity index (χ0n) is 25.4. The maximum absolute atomic E-state index is 13.6. The van der Waals surface area contributed by atoms with Crippen LogP contribution in [0.2, 0.25) is 0 Å². The van der Waals surface area contributed by atoms with E-state index in [0.717, 1.165) is 0 Å². The lowest BCUT2D eigenvalue weighted by Gasteiger charge is -2.45. The molecule has 0 spiro atoms. The third-order valence-corrected chi connectivity index (χ3v) is 7.98. The summed E-state index contributed by atoms with van der Waals surface area (Å²) in [6.45, 7) is -0.581. The molecule has 1 aliphatic rings. The third kappa shape index (κ3) is 9.04. The van der Waals surface area contributed by atoms with Crippen LogP contribution in [0.25, 0.3) is 0 Å². The molecule has 13 heteroatoms. The van der Waals surface area contributed by atoms with Gasteiger partial charge in [-0.3, -0.25) is 0 Å². The highest BCUT2D eigenvalue weighted by Crippen LogP contribution is 2.37. The van der Waals surface area contributed by atoms with Crippen molar-refractivity contribution in [3.05, 3.63) is 144 Å². The van der Waals surface area contributed by atoms with Crippen LogP contribution in [-0.4, -0.2) is 70.5 Å². The second-order valence-corrected chi connectivity index (χ2v) is 13.0. The minimum absolute atomic E-state index is 0.103. The second-order valence-electron chi connectivity index (χ2n) is 10.7. The Kier molecular flexibility index (Phi) is 11.7. The largest absolute Gasteiger partial charge is 0.459 e. The fourth-order valence-electron chi connectivity index (χ4n) is 4.96. The smallest absolute Gasteiger partial charge is 0.338 e. The number of carbonyl (C=O) groups excluding carboxylic acids is 4. The van der Waals surface area contributed by atoms with Crippen molar-refractivity contribution in [1.82, 2.24) is 0 Å². The number of esters is 4. The average molecular weight is 725 g/mol. The molecule has 5 rings (SSSR count). The van der Waals surface area contributed by atoms with Crippen LogP contribution in [0.3, 0.4) is 0 Å². The molecule has 0 amide bonds. The van der Waals surface area contributed by atoms with Crippen molar-refractivity contribution in [2.24, 2.45) is 0 Å². The van der Waals surface area contributed by atoms with Gasteiger partial charge in [0.25, 0.3) is 0 Å². The van der Waals surface area contributed by atoms with E-state index >= 15 is 0 Å². The first-order valence-corrected chi connectivity index (χ1v) is 16.0. The second kappa shape index (κ2) is 16.1. The SMILES string of the molecule is N=C([C@H]1O[C@H](COC(=O)c2ccccc2)[C@@H](OC(=O)c2ccccc2)[C@H](OC(=O)c2ccccc2)[C@H]1OC(=O)c1ccccc1)C(Cl)(Cl)Cl. The van der Waals surface area contributed by atoms with Gasteiger partial charge in [0.1, 0.15) is 18.8 Å². The van der Waals surface area contributed by atoms with E-state index in [4.69, 9.17) is 63.9 Å². The number of halogens is 3. The van der Waals surface area contributed by atoms with Gasteiger partial charge in [-0.1, -0.05) is 108 Å². The van der Waals surface area contributed by atoms with E-state index in [1.54, 1.807) is 72.8 Å². The highest BCUT2D eigenvalue weighted by atomic mass is 35.6. The van der Waals surface area contributed by atoms with Gasteiger partial charge in [0.05, 0.1) is 28.0 Å². The van der Waals surface area contributed by atoms with Crippen LogP contribution in [0.5, 0.6) is 0 Å². The Bertz CT molecular complexity index is 1770. The first-order chi connectivity index (χ1) is 23.5. The van der Waals surface area contributed by atoms with E-state index in [-0.39, 0.29) is 22.3 Å².